The zero-order chi connectivity index (χ0) is 10.6. The molecule has 1 aromatic heterocycles. The number of hydrogen-bond acceptors (Lipinski definition) is 5. The smallest absolute Gasteiger partial charge is 0.354 e. The van der Waals surface area contributed by atoms with E-state index >= 15 is 0 Å². The Morgan fingerprint density at radius 1 is 1.57 bits per heavy atom. The van der Waals surface area contributed by atoms with Gasteiger partial charge in [-0.2, -0.15) is 0 Å². The SMILES string of the molecule is NC(=O)CNc1nccc(C(=O)O)n1. The van der Waals surface area contributed by atoms with Gasteiger partial charge >= 0.3 is 5.97 Å². The molecule has 4 N–H and O–H groups in total. The number of nitrogens with zero attached hydrogens (tertiary/aromatic N) is 2. The van der Waals surface area contributed by atoms with Crippen molar-refractivity contribution in [2.75, 3.05) is 11.9 Å². The molecular formula is C7H8N4O3. The second kappa shape index (κ2) is 4.17. The van der Waals surface area contributed by atoms with Gasteiger partial charge in [-0.05, 0) is 6.07 Å². The second-order valence-electron chi connectivity index (χ2n) is 2.39. The lowest BCUT2D eigenvalue weighted by Crippen LogP contribution is -2.23. The fourth-order valence-corrected chi connectivity index (χ4v) is 0.729. The average Bonchev–Trinajstić information content (AvgIpc) is 2.15. The number of carbonyl (C=O) groups is 2. The number of carboxylic acids is 1. The van der Waals surface area contributed by atoms with E-state index in [0.29, 0.717) is 0 Å². The Hall–Kier alpha value is -2.18. The monoisotopic (exact) mass is 196 g/mol. The quantitative estimate of drug-likeness (QED) is 0.572. The van der Waals surface area contributed by atoms with Crippen molar-refractivity contribution in [3.8, 4) is 0 Å². The molecule has 0 aromatic carbocycles. The number of aromatic carboxylic acids is 1. The van der Waals surface area contributed by atoms with Crippen molar-refractivity contribution in [3.63, 3.8) is 0 Å². The van der Waals surface area contributed by atoms with Gasteiger partial charge in [0.05, 0.1) is 6.54 Å². The third-order valence-corrected chi connectivity index (χ3v) is 1.30. The number of carboxylic acid groups (broad SMARTS) is 1. The van der Waals surface area contributed by atoms with Gasteiger partial charge in [0.2, 0.25) is 11.9 Å². The predicted octanol–water partition coefficient (Wildman–Crippen LogP) is -0.928. The van der Waals surface area contributed by atoms with Crippen molar-refractivity contribution >= 4 is 17.8 Å². The molecule has 1 amide bonds. The molecule has 0 aliphatic carbocycles. The van der Waals surface area contributed by atoms with Gasteiger partial charge in [0.25, 0.3) is 0 Å². The van der Waals surface area contributed by atoms with Crippen LogP contribution < -0.4 is 11.1 Å². The van der Waals surface area contributed by atoms with Crippen LogP contribution in [0.3, 0.4) is 0 Å². The Morgan fingerprint density at radius 2 is 2.29 bits per heavy atom. The van der Waals surface area contributed by atoms with E-state index in [0.717, 1.165) is 0 Å². The van der Waals surface area contributed by atoms with Crippen LogP contribution in [0.1, 0.15) is 10.5 Å². The van der Waals surface area contributed by atoms with E-state index in [1.165, 1.54) is 12.3 Å². The third kappa shape index (κ3) is 2.70. The van der Waals surface area contributed by atoms with Gasteiger partial charge in [0.1, 0.15) is 0 Å². The molecule has 0 spiro atoms. The van der Waals surface area contributed by atoms with Gasteiger partial charge in [-0.3, -0.25) is 4.79 Å². The number of hydrogen-bond donors (Lipinski definition) is 3. The van der Waals surface area contributed by atoms with Gasteiger partial charge in [-0.25, -0.2) is 14.8 Å². The highest BCUT2D eigenvalue weighted by atomic mass is 16.4. The summed E-state index contributed by atoms with van der Waals surface area (Å²) < 4.78 is 0. The molecule has 0 bridgehead atoms. The molecule has 0 aliphatic rings. The van der Waals surface area contributed by atoms with E-state index in [1.54, 1.807) is 0 Å². The van der Waals surface area contributed by atoms with Crippen molar-refractivity contribution in [1.82, 2.24) is 9.97 Å². The number of amides is 1. The molecule has 0 unspecified atom stereocenters. The normalized spacial score (nSPS) is 9.43. The van der Waals surface area contributed by atoms with Crippen molar-refractivity contribution < 1.29 is 14.7 Å². The van der Waals surface area contributed by atoms with Crippen LogP contribution in [0.25, 0.3) is 0 Å². The number of primary amides is 1. The van der Waals surface area contributed by atoms with Crippen LogP contribution in [-0.2, 0) is 4.79 Å². The lowest BCUT2D eigenvalue weighted by atomic mass is 10.4. The van der Waals surface area contributed by atoms with Gasteiger partial charge in [0, 0.05) is 6.20 Å². The Kier molecular flexibility index (Phi) is 2.95. The predicted molar refractivity (Wildman–Crippen MR) is 46.7 cm³/mol. The largest absolute Gasteiger partial charge is 0.477 e. The number of anilines is 1. The summed E-state index contributed by atoms with van der Waals surface area (Å²) >= 11 is 0. The van der Waals surface area contributed by atoms with Gasteiger partial charge < -0.3 is 16.2 Å². The van der Waals surface area contributed by atoms with E-state index < -0.39 is 11.9 Å². The molecule has 0 aliphatic heterocycles. The molecular weight excluding hydrogens is 188 g/mol. The minimum atomic E-state index is -1.16. The molecule has 0 fully saturated rings. The maximum Gasteiger partial charge on any atom is 0.354 e. The van der Waals surface area contributed by atoms with E-state index in [2.05, 4.69) is 15.3 Å². The van der Waals surface area contributed by atoms with Crippen molar-refractivity contribution in [2.24, 2.45) is 5.73 Å². The molecule has 1 heterocycles. The van der Waals surface area contributed by atoms with Crippen molar-refractivity contribution in [1.29, 1.82) is 0 Å². The first-order chi connectivity index (χ1) is 6.59. The Balaban J connectivity index is 2.73. The minimum absolute atomic E-state index is 0.0590. The second-order valence-corrected chi connectivity index (χ2v) is 2.39. The van der Waals surface area contributed by atoms with E-state index in [9.17, 15) is 9.59 Å². The summed E-state index contributed by atoms with van der Waals surface area (Å²) in [5.41, 5.74) is 4.72. The van der Waals surface area contributed by atoms with Crippen LogP contribution in [0.5, 0.6) is 0 Å². The number of carbonyl (C=O) groups excluding carboxylic acids is 1. The maximum atomic E-state index is 10.5. The molecule has 0 radical (unpaired) electrons. The summed E-state index contributed by atoms with van der Waals surface area (Å²) in [4.78, 5) is 28.2. The summed E-state index contributed by atoms with van der Waals surface area (Å²) in [6, 6.07) is 1.25. The molecule has 0 saturated carbocycles. The maximum absolute atomic E-state index is 10.5. The van der Waals surface area contributed by atoms with Crippen LogP contribution in [0, 0.1) is 0 Å². The molecule has 7 heteroatoms. The van der Waals surface area contributed by atoms with Crippen LogP contribution >= 0.6 is 0 Å². The van der Waals surface area contributed by atoms with Crippen LogP contribution in [0.2, 0.25) is 0 Å². The fraction of sp³-hybridized carbons (Fsp3) is 0.143. The van der Waals surface area contributed by atoms with Crippen LogP contribution in [0.15, 0.2) is 12.3 Å². The first-order valence-electron chi connectivity index (χ1n) is 3.68. The standard InChI is InChI=1S/C7H8N4O3/c8-5(12)3-10-7-9-2-1-4(11-7)6(13)14/h1-2H,3H2,(H2,8,12)(H,13,14)(H,9,10,11). The first kappa shape index (κ1) is 9.90. The Morgan fingerprint density at radius 3 is 2.86 bits per heavy atom. The van der Waals surface area contributed by atoms with E-state index in [1.807, 2.05) is 0 Å². The molecule has 0 atom stereocenters. The molecule has 1 aromatic rings. The summed E-state index contributed by atoms with van der Waals surface area (Å²) in [7, 11) is 0. The number of nitrogens with two attached hydrogens (primary N) is 1. The number of rotatable bonds is 4. The van der Waals surface area contributed by atoms with Gasteiger partial charge in [-0.1, -0.05) is 0 Å². The molecule has 1 rings (SSSR count). The third-order valence-electron chi connectivity index (χ3n) is 1.30. The van der Waals surface area contributed by atoms with Crippen LogP contribution in [-0.4, -0.2) is 33.5 Å². The lowest BCUT2D eigenvalue weighted by molar-refractivity contribution is -0.116. The highest BCUT2D eigenvalue weighted by Crippen LogP contribution is 1.99. The summed E-state index contributed by atoms with van der Waals surface area (Å²) in [5, 5.41) is 11.1. The Labute approximate surface area is 79.0 Å². The fourth-order valence-electron chi connectivity index (χ4n) is 0.729. The summed E-state index contributed by atoms with van der Waals surface area (Å²) in [6.07, 6.45) is 1.28. The number of nitrogens with one attached hydrogen (secondary N) is 1. The Bertz CT molecular complexity index is 366. The van der Waals surface area contributed by atoms with Crippen LogP contribution in [0.4, 0.5) is 5.95 Å². The molecule has 0 saturated heterocycles. The topological polar surface area (TPSA) is 118 Å². The first-order valence-corrected chi connectivity index (χ1v) is 3.68. The molecule has 74 valence electrons. The van der Waals surface area contributed by atoms with E-state index in [4.69, 9.17) is 10.8 Å². The number of aromatic nitrogens is 2. The van der Waals surface area contributed by atoms with Crippen molar-refractivity contribution in [3.05, 3.63) is 18.0 Å². The van der Waals surface area contributed by atoms with Crippen molar-refractivity contribution in [2.45, 2.75) is 0 Å². The minimum Gasteiger partial charge on any atom is -0.477 e. The molecule has 7 nitrogen and oxygen atoms in total. The lowest BCUT2D eigenvalue weighted by Gasteiger charge is -2.01. The highest BCUT2D eigenvalue weighted by Gasteiger charge is 2.05. The van der Waals surface area contributed by atoms with E-state index in [-0.39, 0.29) is 18.2 Å². The van der Waals surface area contributed by atoms with Gasteiger partial charge in [-0.15, -0.1) is 0 Å². The average molecular weight is 196 g/mol. The summed E-state index contributed by atoms with van der Waals surface area (Å²) in [5.74, 6) is -1.67. The zero-order valence-corrected chi connectivity index (χ0v) is 7.10. The summed E-state index contributed by atoms with van der Waals surface area (Å²) in [6.45, 7) is -0.136. The molecule has 14 heavy (non-hydrogen) atoms. The highest BCUT2D eigenvalue weighted by molar-refractivity contribution is 5.85. The zero-order valence-electron chi connectivity index (χ0n) is 7.10. The van der Waals surface area contributed by atoms with Gasteiger partial charge in [0.15, 0.2) is 5.69 Å².